The number of hydrogen-bond acceptors (Lipinski definition) is 4. The summed E-state index contributed by atoms with van der Waals surface area (Å²) in [4.78, 5) is 16.7. The average molecular weight is 309 g/mol. The monoisotopic (exact) mass is 309 g/mol. The van der Waals surface area contributed by atoms with E-state index in [0.717, 1.165) is 11.1 Å². The summed E-state index contributed by atoms with van der Waals surface area (Å²) in [7, 11) is 1.37. The number of fused-ring (bicyclic) bond motifs is 1. The molecule has 0 saturated heterocycles. The maximum Gasteiger partial charge on any atom is 0.341 e. The van der Waals surface area contributed by atoms with Crippen molar-refractivity contribution in [2.75, 3.05) is 7.11 Å². The molecule has 0 saturated carbocycles. The fourth-order valence-electron chi connectivity index (χ4n) is 2.35. The van der Waals surface area contributed by atoms with Crippen molar-refractivity contribution in [2.45, 2.75) is 26.2 Å². The highest BCUT2D eigenvalue weighted by atomic mass is 16.5. The largest absolute Gasteiger partial charge is 0.465 e. The Bertz CT molecular complexity index is 861. The Kier molecular flexibility index (Phi) is 3.64. The van der Waals surface area contributed by atoms with E-state index in [0.29, 0.717) is 17.0 Å². The Morgan fingerprint density at radius 2 is 1.83 bits per heavy atom. The first-order valence-corrected chi connectivity index (χ1v) is 7.45. The Morgan fingerprint density at radius 3 is 2.43 bits per heavy atom. The molecule has 0 N–H and O–H groups in total. The van der Waals surface area contributed by atoms with Gasteiger partial charge in [-0.15, -0.1) is 0 Å². The Balaban J connectivity index is 2.27. The first-order valence-electron chi connectivity index (χ1n) is 7.45. The zero-order valence-corrected chi connectivity index (χ0v) is 13.7. The zero-order valence-electron chi connectivity index (χ0n) is 13.7. The molecule has 3 rings (SSSR count). The van der Waals surface area contributed by atoms with E-state index in [1.54, 1.807) is 10.6 Å². The lowest BCUT2D eigenvalue weighted by Gasteiger charge is -2.11. The number of carbonyl (C=O) groups is 1. The van der Waals surface area contributed by atoms with Crippen molar-refractivity contribution in [2.24, 2.45) is 0 Å². The van der Waals surface area contributed by atoms with E-state index in [2.05, 4.69) is 10.1 Å². The summed E-state index contributed by atoms with van der Waals surface area (Å²) in [5, 5.41) is 4.55. The highest BCUT2D eigenvalue weighted by Crippen LogP contribution is 2.25. The molecule has 0 bridgehead atoms. The number of aromatic nitrogens is 3. The molecule has 5 nitrogen and oxygen atoms in total. The van der Waals surface area contributed by atoms with Gasteiger partial charge in [0.25, 0.3) is 0 Å². The number of methoxy groups -OCH3 is 1. The molecule has 5 heteroatoms. The van der Waals surface area contributed by atoms with Crippen LogP contribution in [0.4, 0.5) is 0 Å². The number of esters is 1. The molecule has 0 aliphatic heterocycles. The first-order chi connectivity index (χ1) is 10.9. The van der Waals surface area contributed by atoms with Crippen LogP contribution in [0.15, 0.2) is 42.6 Å². The third-order valence-corrected chi connectivity index (χ3v) is 3.62. The van der Waals surface area contributed by atoms with Crippen molar-refractivity contribution in [3.63, 3.8) is 0 Å². The third kappa shape index (κ3) is 2.82. The van der Waals surface area contributed by atoms with Crippen LogP contribution < -0.4 is 0 Å². The smallest absolute Gasteiger partial charge is 0.341 e. The van der Waals surface area contributed by atoms with Crippen LogP contribution in [0.2, 0.25) is 0 Å². The van der Waals surface area contributed by atoms with Crippen LogP contribution in [0.3, 0.4) is 0 Å². The van der Waals surface area contributed by atoms with Crippen molar-refractivity contribution >= 4 is 11.6 Å². The lowest BCUT2D eigenvalue weighted by atomic mass is 9.96. The third-order valence-electron chi connectivity index (χ3n) is 3.62. The molecule has 0 aliphatic rings. The maximum atomic E-state index is 12.2. The number of hydrogen-bond donors (Lipinski definition) is 0. The van der Waals surface area contributed by atoms with Gasteiger partial charge in [0.2, 0.25) is 0 Å². The summed E-state index contributed by atoms with van der Waals surface area (Å²) >= 11 is 0. The van der Waals surface area contributed by atoms with Gasteiger partial charge in [-0.3, -0.25) is 0 Å². The predicted octanol–water partition coefficient (Wildman–Crippen LogP) is 3.48. The molecular weight excluding hydrogens is 290 g/mol. The highest BCUT2D eigenvalue weighted by molar-refractivity contribution is 5.97. The number of nitrogens with zero attached hydrogens (tertiary/aromatic N) is 3. The van der Waals surface area contributed by atoms with Crippen LogP contribution in [-0.4, -0.2) is 27.7 Å². The van der Waals surface area contributed by atoms with Crippen molar-refractivity contribution in [1.29, 1.82) is 0 Å². The SMILES string of the molecule is COC(=O)c1cc(-c2ccccc2)cn2nc(C(C)(C)C)nc12. The molecule has 0 unspecified atom stereocenters. The molecule has 0 radical (unpaired) electrons. The van der Waals surface area contributed by atoms with Gasteiger partial charge in [0.05, 0.1) is 7.11 Å². The lowest BCUT2D eigenvalue weighted by molar-refractivity contribution is 0.0602. The number of rotatable bonds is 2. The van der Waals surface area contributed by atoms with Crippen molar-refractivity contribution in [3.8, 4) is 11.1 Å². The van der Waals surface area contributed by atoms with Gasteiger partial charge in [-0.05, 0) is 11.6 Å². The molecule has 3 aromatic rings. The molecule has 0 amide bonds. The standard InChI is InChI=1S/C18H19N3O2/c1-18(2,3)17-19-15-14(16(22)23-4)10-13(11-21(15)20-17)12-8-6-5-7-9-12/h5-11H,1-4H3. The molecule has 118 valence electrons. The van der Waals surface area contributed by atoms with E-state index in [1.165, 1.54) is 7.11 Å². The minimum Gasteiger partial charge on any atom is -0.465 e. The number of pyridine rings is 1. The molecule has 1 aromatic carbocycles. The normalized spacial score (nSPS) is 11.7. The highest BCUT2D eigenvalue weighted by Gasteiger charge is 2.23. The fraction of sp³-hybridized carbons (Fsp3) is 0.278. The molecule has 0 aliphatic carbocycles. The molecule has 0 fully saturated rings. The van der Waals surface area contributed by atoms with E-state index in [1.807, 2.05) is 57.3 Å². The van der Waals surface area contributed by atoms with E-state index in [-0.39, 0.29) is 5.41 Å². The summed E-state index contributed by atoms with van der Waals surface area (Å²) in [6.07, 6.45) is 1.89. The molecule has 0 atom stereocenters. The number of benzene rings is 1. The van der Waals surface area contributed by atoms with Crippen LogP contribution in [0, 0.1) is 0 Å². The van der Waals surface area contributed by atoms with Gasteiger partial charge in [0, 0.05) is 17.2 Å². The minimum atomic E-state index is -0.416. The van der Waals surface area contributed by atoms with Gasteiger partial charge in [-0.25, -0.2) is 14.3 Å². The molecular formula is C18H19N3O2. The van der Waals surface area contributed by atoms with Crippen LogP contribution in [0.5, 0.6) is 0 Å². The van der Waals surface area contributed by atoms with Crippen LogP contribution in [-0.2, 0) is 10.2 Å². The second kappa shape index (κ2) is 5.50. The summed E-state index contributed by atoms with van der Waals surface area (Å²) in [6.45, 7) is 6.12. The van der Waals surface area contributed by atoms with Crippen molar-refractivity contribution in [3.05, 3.63) is 54.0 Å². The van der Waals surface area contributed by atoms with Gasteiger partial charge in [-0.1, -0.05) is 51.1 Å². The van der Waals surface area contributed by atoms with Crippen molar-refractivity contribution < 1.29 is 9.53 Å². The second-order valence-electron chi connectivity index (χ2n) is 6.45. The average Bonchev–Trinajstić information content (AvgIpc) is 2.98. The summed E-state index contributed by atoms with van der Waals surface area (Å²) < 4.78 is 6.57. The number of carbonyl (C=O) groups excluding carboxylic acids is 1. The van der Waals surface area contributed by atoms with E-state index in [9.17, 15) is 4.79 Å². The quantitative estimate of drug-likeness (QED) is 0.680. The Labute approximate surface area is 134 Å². The van der Waals surface area contributed by atoms with Crippen LogP contribution >= 0.6 is 0 Å². The van der Waals surface area contributed by atoms with Gasteiger partial charge in [-0.2, -0.15) is 5.10 Å². The summed E-state index contributed by atoms with van der Waals surface area (Å²) in [6, 6.07) is 11.7. The van der Waals surface area contributed by atoms with E-state index in [4.69, 9.17) is 4.74 Å². The summed E-state index contributed by atoms with van der Waals surface area (Å²) in [5.41, 5.74) is 2.63. The van der Waals surface area contributed by atoms with Crippen LogP contribution in [0.1, 0.15) is 37.0 Å². The first kappa shape index (κ1) is 15.2. The lowest BCUT2D eigenvalue weighted by Crippen LogP contribution is -2.13. The van der Waals surface area contributed by atoms with Gasteiger partial charge in [0.1, 0.15) is 5.56 Å². The van der Waals surface area contributed by atoms with Gasteiger partial charge in [0.15, 0.2) is 11.5 Å². The molecule has 0 spiro atoms. The van der Waals surface area contributed by atoms with Crippen LogP contribution in [0.25, 0.3) is 16.8 Å². The topological polar surface area (TPSA) is 56.5 Å². The number of ether oxygens (including phenoxy) is 1. The minimum absolute atomic E-state index is 0.202. The molecule has 23 heavy (non-hydrogen) atoms. The van der Waals surface area contributed by atoms with Gasteiger partial charge >= 0.3 is 5.97 Å². The maximum absolute atomic E-state index is 12.2. The zero-order chi connectivity index (χ0) is 16.6. The van der Waals surface area contributed by atoms with Gasteiger partial charge < -0.3 is 4.74 Å². The second-order valence-corrected chi connectivity index (χ2v) is 6.45. The Hall–Kier alpha value is -2.69. The molecule has 2 heterocycles. The molecule has 2 aromatic heterocycles. The summed E-state index contributed by atoms with van der Waals surface area (Å²) in [5.74, 6) is 0.272. The van der Waals surface area contributed by atoms with E-state index < -0.39 is 5.97 Å². The Morgan fingerprint density at radius 1 is 1.13 bits per heavy atom. The predicted molar refractivity (Wildman–Crippen MR) is 88.5 cm³/mol. The fourth-order valence-corrected chi connectivity index (χ4v) is 2.35. The van der Waals surface area contributed by atoms with E-state index >= 15 is 0 Å². The van der Waals surface area contributed by atoms with Crippen molar-refractivity contribution in [1.82, 2.24) is 14.6 Å².